The fourth-order valence-corrected chi connectivity index (χ4v) is 4.90. The van der Waals surface area contributed by atoms with E-state index in [0.717, 1.165) is 35.0 Å². The van der Waals surface area contributed by atoms with Crippen molar-refractivity contribution in [2.75, 3.05) is 20.6 Å². The number of aromatic nitrogens is 1. The maximum absolute atomic E-state index is 13.6. The first-order chi connectivity index (χ1) is 16.0. The van der Waals surface area contributed by atoms with Gasteiger partial charge in [-0.2, -0.15) is 0 Å². The van der Waals surface area contributed by atoms with Gasteiger partial charge in [-0.15, -0.1) is 0 Å². The molecule has 168 valence electrons. The highest BCUT2D eigenvalue weighted by atomic mass is 19.1. The molecule has 1 aromatic heterocycles. The van der Waals surface area contributed by atoms with E-state index in [1.165, 1.54) is 22.1 Å². The van der Waals surface area contributed by atoms with Gasteiger partial charge in [-0.05, 0) is 85.9 Å². The predicted molar refractivity (Wildman–Crippen MR) is 132 cm³/mol. The maximum atomic E-state index is 13.6. The highest BCUT2D eigenvalue weighted by Crippen LogP contribution is 2.44. The maximum Gasteiger partial charge on any atom is 0.123 e. The molecule has 2 heterocycles. The Labute approximate surface area is 194 Å². The molecule has 3 aromatic carbocycles. The van der Waals surface area contributed by atoms with E-state index in [1.54, 1.807) is 12.1 Å². The third-order valence-electron chi connectivity index (χ3n) is 6.64. The van der Waals surface area contributed by atoms with Crippen molar-refractivity contribution in [3.05, 3.63) is 101 Å². The lowest BCUT2D eigenvalue weighted by Gasteiger charge is -2.26. The normalized spacial score (nSPS) is 16.3. The van der Waals surface area contributed by atoms with Crippen LogP contribution in [0.1, 0.15) is 40.7 Å². The highest BCUT2D eigenvalue weighted by molar-refractivity contribution is 5.96. The summed E-state index contributed by atoms with van der Waals surface area (Å²) >= 11 is 0. The molecule has 1 aliphatic heterocycles. The van der Waals surface area contributed by atoms with Crippen LogP contribution in [0.25, 0.3) is 21.9 Å². The van der Waals surface area contributed by atoms with Gasteiger partial charge in [0.25, 0.3) is 0 Å². The van der Waals surface area contributed by atoms with Crippen molar-refractivity contribution in [1.29, 1.82) is 0 Å². The smallest absolute Gasteiger partial charge is 0.123 e. The van der Waals surface area contributed by atoms with Crippen molar-refractivity contribution in [3.8, 4) is 11.1 Å². The van der Waals surface area contributed by atoms with E-state index >= 15 is 0 Å². The molecular formula is C29H29FN2O. The molecule has 0 saturated heterocycles. The van der Waals surface area contributed by atoms with E-state index in [0.29, 0.717) is 6.61 Å². The fourth-order valence-electron chi connectivity index (χ4n) is 4.90. The van der Waals surface area contributed by atoms with Gasteiger partial charge in [0, 0.05) is 29.3 Å². The molecule has 33 heavy (non-hydrogen) atoms. The van der Waals surface area contributed by atoms with Crippen LogP contribution in [0.4, 0.5) is 4.39 Å². The number of pyridine rings is 1. The van der Waals surface area contributed by atoms with Crippen LogP contribution >= 0.6 is 0 Å². The second-order valence-corrected chi connectivity index (χ2v) is 9.31. The van der Waals surface area contributed by atoms with Crippen molar-refractivity contribution in [2.45, 2.75) is 32.0 Å². The Balaban J connectivity index is 1.50. The van der Waals surface area contributed by atoms with Crippen molar-refractivity contribution in [2.24, 2.45) is 0 Å². The zero-order chi connectivity index (χ0) is 22.9. The van der Waals surface area contributed by atoms with Gasteiger partial charge in [0.1, 0.15) is 5.82 Å². The van der Waals surface area contributed by atoms with Crippen LogP contribution in [-0.2, 0) is 11.3 Å². The molecule has 0 aliphatic carbocycles. The van der Waals surface area contributed by atoms with Crippen LogP contribution in [0.5, 0.6) is 0 Å². The summed E-state index contributed by atoms with van der Waals surface area (Å²) in [7, 11) is 4.16. The van der Waals surface area contributed by atoms with E-state index < -0.39 is 0 Å². The molecule has 3 nitrogen and oxygen atoms in total. The number of ether oxygens (including phenoxy) is 1. The molecule has 4 aromatic rings. The highest BCUT2D eigenvalue weighted by Gasteiger charge is 2.32. The Morgan fingerprint density at radius 3 is 2.64 bits per heavy atom. The first-order valence-corrected chi connectivity index (χ1v) is 11.5. The molecular weight excluding hydrogens is 411 g/mol. The summed E-state index contributed by atoms with van der Waals surface area (Å²) in [6, 6.07) is 20.0. The zero-order valence-corrected chi connectivity index (χ0v) is 19.4. The molecule has 2 unspecified atom stereocenters. The van der Waals surface area contributed by atoms with Gasteiger partial charge in [-0.3, -0.25) is 4.98 Å². The van der Waals surface area contributed by atoms with E-state index in [-0.39, 0.29) is 17.8 Å². The molecule has 0 saturated carbocycles. The topological polar surface area (TPSA) is 25.4 Å². The minimum Gasteiger partial charge on any atom is -0.368 e. The van der Waals surface area contributed by atoms with Crippen LogP contribution < -0.4 is 0 Å². The number of hydrogen-bond donors (Lipinski definition) is 0. The van der Waals surface area contributed by atoms with Gasteiger partial charge in [-0.1, -0.05) is 42.0 Å². The Morgan fingerprint density at radius 1 is 1.03 bits per heavy atom. The summed E-state index contributed by atoms with van der Waals surface area (Å²) in [6.07, 6.45) is 4.78. The van der Waals surface area contributed by atoms with Gasteiger partial charge < -0.3 is 9.64 Å². The summed E-state index contributed by atoms with van der Waals surface area (Å²) in [4.78, 5) is 6.67. The molecule has 4 heteroatoms. The van der Waals surface area contributed by atoms with Crippen LogP contribution in [-0.4, -0.2) is 30.5 Å². The number of hydrogen-bond acceptors (Lipinski definition) is 3. The summed E-state index contributed by atoms with van der Waals surface area (Å²) in [6.45, 7) is 3.63. The Bertz CT molecular complexity index is 1280. The van der Waals surface area contributed by atoms with Crippen molar-refractivity contribution in [3.63, 3.8) is 0 Å². The summed E-state index contributed by atoms with van der Waals surface area (Å²) in [5.41, 5.74) is 7.10. The minimum absolute atomic E-state index is 0.0345. The van der Waals surface area contributed by atoms with Gasteiger partial charge >= 0.3 is 0 Å². The van der Waals surface area contributed by atoms with Crippen molar-refractivity contribution < 1.29 is 9.13 Å². The SMILES string of the molecule is Cc1ccc2c(-c3ccc4c(c3)COC4C(CCN(C)C)c3ccc(F)cc3)cncc2c1. The molecule has 2 atom stereocenters. The lowest BCUT2D eigenvalue weighted by atomic mass is 9.85. The van der Waals surface area contributed by atoms with E-state index in [4.69, 9.17) is 4.74 Å². The minimum atomic E-state index is -0.207. The quantitative estimate of drug-likeness (QED) is 0.335. The average Bonchev–Trinajstić information content (AvgIpc) is 3.22. The van der Waals surface area contributed by atoms with E-state index in [9.17, 15) is 4.39 Å². The summed E-state index contributed by atoms with van der Waals surface area (Å²) in [5, 5.41) is 2.36. The molecule has 0 radical (unpaired) electrons. The van der Waals surface area contributed by atoms with E-state index in [2.05, 4.69) is 67.3 Å². The Morgan fingerprint density at radius 2 is 1.85 bits per heavy atom. The number of fused-ring (bicyclic) bond motifs is 2. The van der Waals surface area contributed by atoms with Gasteiger partial charge in [0.05, 0.1) is 12.7 Å². The van der Waals surface area contributed by atoms with E-state index in [1.807, 2.05) is 24.5 Å². The first-order valence-electron chi connectivity index (χ1n) is 11.5. The first kappa shape index (κ1) is 21.7. The monoisotopic (exact) mass is 440 g/mol. The lowest BCUT2D eigenvalue weighted by Crippen LogP contribution is -2.19. The third kappa shape index (κ3) is 4.41. The molecule has 0 amide bonds. The molecule has 0 N–H and O–H groups in total. The van der Waals surface area contributed by atoms with Gasteiger partial charge in [-0.25, -0.2) is 4.39 Å². The van der Waals surface area contributed by atoms with Crippen molar-refractivity contribution in [1.82, 2.24) is 9.88 Å². The van der Waals surface area contributed by atoms with Crippen LogP contribution in [0.2, 0.25) is 0 Å². The summed E-state index contributed by atoms with van der Waals surface area (Å²) < 4.78 is 19.9. The average molecular weight is 441 g/mol. The predicted octanol–water partition coefficient (Wildman–Crippen LogP) is 6.66. The lowest BCUT2D eigenvalue weighted by molar-refractivity contribution is 0.0420. The summed E-state index contributed by atoms with van der Waals surface area (Å²) in [5.74, 6) is -0.0383. The number of nitrogens with zero attached hydrogens (tertiary/aromatic N) is 2. The van der Waals surface area contributed by atoms with Gasteiger partial charge in [0.15, 0.2) is 0 Å². The second kappa shape index (κ2) is 9.05. The number of halogens is 1. The fraction of sp³-hybridized carbons (Fsp3) is 0.276. The third-order valence-corrected chi connectivity index (χ3v) is 6.64. The number of benzene rings is 3. The van der Waals surface area contributed by atoms with Crippen LogP contribution in [0.3, 0.4) is 0 Å². The number of rotatable bonds is 6. The largest absolute Gasteiger partial charge is 0.368 e. The molecule has 0 spiro atoms. The standard InChI is InChI=1S/C29H29FN2O/c1-19-4-10-25-22(14-19)16-31-17-28(25)21-7-11-26-23(15-21)18-33-29(26)27(12-13-32(2)3)20-5-8-24(30)9-6-20/h4-11,14-17,27,29H,12-13,18H2,1-3H3. The van der Waals surface area contributed by atoms with Crippen molar-refractivity contribution >= 4 is 10.8 Å². The second-order valence-electron chi connectivity index (χ2n) is 9.31. The Hall–Kier alpha value is -3.08. The number of aryl methyl sites for hydroxylation is 1. The molecule has 5 rings (SSSR count). The molecule has 1 aliphatic rings. The van der Waals surface area contributed by atoms with Crippen LogP contribution in [0.15, 0.2) is 73.1 Å². The zero-order valence-electron chi connectivity index (χ0n) is 19.4. The van der Waals surface area contributed by atoms with Gasteiger partial charge in [0.2, 0.25) is 0 Å². The molecule has 0 bridgehead atoms. The van der Waals surface area contributed by atoms with Crippen LogP contribution in [0, 0.1) is 12.7 Å². The Kier molecular flexibility index (Phi) is 5.96. The molecule has 0 fully saturated rings.